The SMILES string of the molecule is CC[C@@H]1C[C@@H]2CC(C(=O)OC)=C3Nc4ccccc4[C@]34CCN1[C@H]24. The van der Waals surface area contributed by atoms with Crippen LogP contribution in [-0.4, -0.2) is 36.6 Å². The topological polar surface area (TPSA) is 41.6 Å². The first-order valence-electron chi connectivity index (χ1n) is 9.15. The highest BCUT2D eigenvalue weighted by molar-refractivity contribution is 5.93. The van der Waals surface area contributed by atoms with Crippen LogP contribution in [0.25, 0.3) is 0 Å². The third-order valence-electron chi connectivity index (χ3n) is 6.90. The summed E-state index contributed by atoms with van der Waals surface area (Å²) in [6.45, 7) is 3.43. The predicted molar refractivity (Wildman–Crippen MR) is 92.7 cm³/mol. The molecule has 5 rings (SSSR count). The molecular formula is C20H24N2O2. The van der Waals surface area contributed by atoms with E-state index in [9.17, 15) is 4.79 Å². The first kappa shape index (κ1) is 14.5. The highest BCUT2D eigenvalue weighted by Gasteiger charge is 2.64. The number of hydrogen-bond acceptors (Lipinski definition) is 4. The number of rotatable bonds is 2. The van der Waals surface area contributed by atoms with E-state index in [1.807, 2.05) is 0 Å². The number of nitrogens with one attached hydrogen (secondary N) is 1. The van der Waals surface area contributed by atoms with Crippen molar-refractivity contribution < 1.29 is 9.53 Å². The number of ether oxygens (including phenoxy) is 1. The van der Waals surface area contributed by atoms with Crippen LogP contribution >= 0.6 is 0 Å². The van der Waals surface area contributed by atoms with Crippen LogP contribution in [-0.2, 0) is 14.9 Å². The van der Waals surface area contributed by atoms with Gasteiger partial charge in [0.05, 0.1) is 18.1 Å². The fraction of sp³-hybridized carbons (Fsp3) is 0.550. The molecule has 3 heterocycles. The van der Waals surface area contributed by atoms with E-state index >= 15 is 0 Å². The molecule has 0 aromatic heterocycles. The molecule has 1 spiro atoms. The molecule has 4 atom stereocenters. The number of fused-ring (bicyclic) bond motifs is 1. The molecule has 24 heavy (non-hydrogen) atoms. The van der Waals surface area contributed by atoms with E-state index in [1.165, 1.54) is 31.2 Å². The maximum Gasteiger partial charge on any atom is 0.335 e. The van der Waals surface area contributed by atoms with Crippen molar-refractivity contribution in [3.05, 3.63) is 41.1 Å². The molecule has 0 saturated carbocycles. The monoisotopic (exact) mass is 324 g/mol. The summed E-state index contributed by atoms with van der Waals surface area (Å²) in [7, 11) is 1.50. The lowest BCUT2D eigenvalue weighted by Crippen LogP contribution is -2.48. The second kappa shape index (κ2) is 4.85. The Morgan fingerprint density at radius 3 is 3.04 bits per heavy atom. The molecular weight excluding hydrogens is 300 g/mol. The first-order valence-corrected chi connectivity index (χ1v) is 9.15. The molecule has 0 bridgehead atoms. The molecule has 2 fully saturated rings. The summed E-state index contributed by atoms with van der Waals surface area (Å²) in [5.41, 5.74) is 4.55. The molecule has 1 aromatic carbocycles. The standard InChI is InChI=1S/C20H24N2O2/c1-3-13-10-12-11-14(19(23)24-2)17-20(8-9-22(13)18(12)20)15-6-4-5-7-16(15)21-17/h4-7,12-13,18,21H,3,8-11H2,1-2H3/t12-,13-,18-,20-/m1/s1. The molecule has 2 saturated heterocycles. The number of benzene rings is 1. The third-order valence-corrected chi connectivity index (χ3v) is 6.90. The number of anilines is 1. The quantitative estimate of drug-likeness (QED) is 0.849. The molecule has 1 aliphatic carbocycles. The van der Waals surface area contributed by atoms with Gasteiger partial charge >= 0.3 is 5.97 Å². The van der Waals surface area contributed by atoms with Crippen molar-refractivity contribution in [2.75, 3.05) is 19.0 Å². The van der Waals surface area contributed by atoms with Crippen LogP contribution in [0.15, 0.2) is 35.5 Å². The highest BCUT2D eigenvalue weighted by Crippen LogP contribution is 2.62. The van der Waals surface area contributed by atoms with Crippen LogP contribution in [0.5, 0.6) is 0 Å². The molecule has 126 valence electrons. The second-order valence-corrected chi connectivity index (χ2v) is 7.68. The van der Waals surface area contributed by atoms with E-state index in [-0.39, 0.29) is 11.4 Å². The van der Waals surface area contributed by atoms with Crippen LogP contribution in [0.3, 0.4) is 0 Å². The van der Waals surface area contributed by atoms with E-state index in [0.717, 1.165) is 30.7 Å². The number of carbonyl (C=O) groups excluding carboxylic acids is 1. The van der Waals surface area contributed by atoms with Crippen LogP contribution < -0.4 is 5.32 Å². The highest BCUT2D eigenvalue weighted by atomic mass is 16.5. The van der Waals surface area contributed by atoms with Gasteiger partial charge in [0.1, 0.15) is 0 Å². The third kappa shape index (κ3) is 1.55. The van der Waals surface area contributed by atoms with Gasteiger partial charge in [-0.2, -0.15) is 0 Å². The molecule has 1 N–H and O–H groups in total. The van der Waals surface area contributed by atoms with Gasteiger partial charge in [0.2, 0.25) is 0 Å². The van der Waals surface area contributed by atoms with Crippen molar-refractivity contribution in [2.45, 2.75) is 50.1 Å². The van der Waals surface area contributed by atoms with Gasteiger partial charge in [-0.25, -0.2) is 4.79 Å². The Kier molecular flexibility index (Phi) is 2.94. The Labute approximate surface area is 142 Å². The number of hydrogen-bond donors (Lipinski definition) is 1. The fourth-order valence-electron chi connectivity index (χ4n) is 6.11. The van der Waals surface area contributed by atoms with E-state index in [0.29, 0.717) is 18.0 Å². The minimum absolute atomic E-state index is 0.0348. The molecule has 0 amide bonds. The lowest BCUT2D eigenvalue weighted by atomic mass is 9.63. The average molecular weight is 324 g/mol. The number of carbonyl (C=O) groups is 1. The Morgan fingerprint density at radius 1 is 1.42 bits per heavy atom. The minimum atomic E-state index is -0.151. The summed E-state index contributed by atoms with van der Waals surface area (Å²) in [5, 5.41) is 3.62. The molecule has 1 aromatic rings. The van der Waals surface area contributed by atoms with E-state index in [1.54, 1.807) is 0 Å². The smallest absolute Gasteiger partial charge is 0.335 e. The Morgan fingerprint density at radius 2 is 2.25 bits per heavy atom. The Balaban J connectivity index is 1.75. The van der Waals surface area contributed by atoms with Crippen molar-refractivity contribution >= 4 is 11.7 Å². The Hall–Kier alpha value is -1.81. The van der Waals surface area contributed by atoms with Gasteiger partial charge in [-0.05, 0) is 43.2 Å². The van der Waals surface area contributed by atoms with Gasteiger partial charge in [0, 0.05) is 30.0 Å². The summed E-state index contributed by atoms with van der Waals surface area (Å²) >= 11 is 0. The molecule has 4 aliphatic rings. The Bertz CT molecular complexity index is 756. The van der Waals surface area contributed by atoms with Crippen molar-refractivity contribution in [3.8, 4) is 0 Å². The van der Waals surface area contributed by atoms with Crippen molar-refractivity contribution in [2.24, 2.45) is 5.92 Å². The van der Waals surface area contributed by atoms with Gasteiger partial charge in [0.25, 0.3) is 0 Å². The summed E-state index contributed by atoms with van der Waals surface area (Å²) in [6, 6.07) is 9.80. The summed E-state index contributed by atoms with van der Waals surface area (Å²) in [5.74, 6) is 0.407. The maximum absolute atomic E-state index is 12.5. The van der Waals surface area contributed by atoms with E-state index in [4.69, 9.17) is 4.74 Å². The van der Waals surface area contributed by atoms with Crippen LogP contribution in [0.2, 0.25) is 0 Å². The molecule has 4 nitrogen and oxygen atoms in total. The zero-order valence-electron chi connectivity index (χ0n) is 14.3. The maximum atomic E-state index is 12.5. The van der Waals surface area contributed by atoms with Crippen molar-refractivity contribution in [3.63, 3.8) is 0 Å². The van der Waals surface area contributed by atoms with E-state index < -0.39 is 0 Å². The number of nitrogens with zero attached hydrogens (tertiary/aromatic N) is 1. The van der Waals surface area contributed by atoms with Gasteiger partial charge in [-0.3, -0.25) is 4.90 Å². The minimum Gasteiger partial charge on any atom is -0.466 e. The zero-order chi connectivity index (χ0) is 16.5. The molecule has 0 radical (unpaired) electrons. The second-order valence-electron chi connectivity index (χ2n) is 7.68. The average Bonchev–Trinajstić information content (AvgIpc) is 3.27. The largest absolute Gasteiger partial charge is 0.466 e. The molecule has 0 unspecified atom stereocenters. The van der Waals surface area contributed by atoms with Crippen molar-refractivity contribution in [1.29, 1.82) is 0 Å². The summed E-state index contributed by atoms with van der Waals surface area (Å²) in [6.07, 6.45) is 4.35. The lowest BCUT2D eigenvalue weighted by Gasteiger charge is -2.41. The van der Waals surface area contributed by atoms with Crippen LogP contribution in [0.4, 0.5) is 5.69 Å². The fourth-order valence-corrected chi connectivity index (χ4v) is 6.11. The number of methoxy groups -OCH3 is 1. The number of para-hydroxylation sites is 1. The summed E-state index contributed by atoms with van der Waals surface area (Å²) < 4.78 is 5.15. The predicted octanol–water partition coefficient (Wildman–Crippen LogP) is 3.05. The normalized spacial score (nSPS) is 36.2. The summed E-state index contributed by atoms with van der Waals surface area (Å²) in [4.78, 5) is 15.3. The van der Waals surface area contributed by atoms with Gasteiger partial charge in [0.15, 0.2) is 0 Å². The van der Waals surface area contributed by atoms with Gasteiger partial charge < -0.3 is 10.1 Å². The molecule has 3 aliphatic heterocycles. The van der Waals surface area contributed by atoms with Gasteiger partial charge in [-0.1, -0.05) is 25.1 Å². The van der Waals surface area contributed by atoms with E-state index in [2.05, 4.69) is 41.4 Å². The van der Waals surface area contributed by atoms with Gasteiger partial charge in [-0.15, -0.1) is 0 Å². The van der Waals surface area contributed by atoms with Crippen molar-refractivity contribution in [1.82, 2.24) is 4.90 Å². The molecule has 4 heteroatoms. The van der Waals surface area contributed by atoms with Crippen LogP contribution in [0.1, 0.15) is 38.2 Å². The number of esters is 1. The van der Waals surface area contributed by atoms with Crippen LogP contribution in [0, 0.1) is 5.92 Å². The lowest BCUT2D eigenvalue weighted by molar-refractivity contribution is -0.136. The zero-order valence-corrected chi connectivity index (χ0v) is 14.3. The first-order chi connectivity index (χ1) is 11.7.